The molecule has 0 spiro atoms. The van der Waals surface area contributed by atoms with E-state index in [2.05, 4.69) is 20.8 Å². The second-order valence-electron chi connectivity index (χ2n) is 14.9. The van der Waals surface area contributed by atoms with Gasteiger partial charge < -0.3 is 20.8 Å². The van der Waals surface area contributed by atoms with E-state index in [1.807, 2.05) is 35.2 Å². The van der Waals surface area contributed by atoms with E-state index in [1.54, 1.807) is 12.2 Å². The third kappa shape index (κ3) is 3.93. The molecule has 8 unspecified atom stereocenters. The Balaban J connectivity index is 1.16. The summed E-state index contributed by atoms with van der Waals surface area (Å²) in [6, 6.07) is 7.96. The predicted molar refractivity (Wildman–Crippen MR) is 163 cm³/mol. The van der Waals surface area contributed by atoms with Crippen LogP contribution in [-0.4, -0.2) is 64.4 Å². The number of nitrogens with two attached hydrogens (primary N) is 1. The normalized spacial score (nSPS) is 41.2. The highest BCUT2D eigenvalue weighted by Crippen LogP contribution is 2.72. The Morgan fingerprint density at radius 1 is 1.16 bits per heavy atom. The van der Waals surface area contributed by atoms with Crippen molar-refractivity contribution >= 4 is 17.5 Å². The molecule has 0 aromatic heterocycles. The molecule has 4 fully saturated rings. The SMILES string of the molecule is CC1=C(Cc2ccc(C(=O)N3C[C@@H]4CC5C6CCC7=CC(=O)C=CC7(C)C6C(O)CC5(C)C4(C(=O)CO)C3)cc2)CC1N. The molecule has 7 nitrogen and oxygen atoms in total. The second kappa shape index (κ2) is 9.82. The van der Waals surface area contributed by atoms with Gasteiger partial charge in [-0.05, 0) is 98.5 Å². The summed E-state index contributed by atoms with van der Waals surface area (Å²) in [7, 11) is 0. The van der Waals surface area contributed by atoms with Gasteiger partial charge in [0, 0.05) is 36.0 Å². The number of aliphatic hydroxyl groups excluding tert-OH is 2. The minimum absolute atomic E-state index is 0.0129. The lowest BCUT2D eigenvalue weighted by molar-refractivity contribution is -0.158. The molecule has 7 heteroatoms. The lowest BCUT2D eigenvalue weighted by atomic mass is 9.44. The number of nitrogens with zero attached hydrogens (tertiary/aromatic N) is 1. The third-order valence-electron chi connectivity index (χ3n) is 13.1. The molecule has 0 radical (unpaired) electrons. The first kappa shape index (κ1) is 28.9. The first-order valence-corrected chi connectivity index (χ1v) is 16.0. The second-order valence-corrected chi connectivity index (χ2v) is 14.9. The molecule has 228 valence electrons. The van der Waals surface area contributed by atoms with Crippen LogP contribution in [0, 0.1) is 39.9 Å². The summed E-state index contributed by atoms with van der Waals surface area (Å²) >= 11 is 0. The van der Waals surface area contributed by atoms with E-state index in [9.17, 15) is 24.6 Å². The van der Waals surface area contributed by atoms with Gasteiger partial charge in [0.05, 0.1) is 11.5 Å². The highest BCUT2D eigenvalue weighted by atomic mass is 16.3. The van der Waals surface area contributed by atoms with Crippen molar-refractivity contribution in [2.24, 2.45) is 45.7 Å². The van der Waals surface area contributed by atoms with E-state index < -0.39 is 23.5 Å². The summed E-state index contributed by atoms with van der Waals surface area (Å²) in [5.41, 5.74) is 9.71. The molecule has 1 aromatic carbocycles. The lowest BCUT2D eigenvalue weighted by Gasteiger charge is -2.60. The van der Waals surface area contributed by atoms with E-state index in [4.69, 9.17) is 5.73 Å². The van der Waals surface area contributed by atoms with Crippen molar-refractivity contribution in [2.45, 2.75) is 71.4 Å². The smallest absolute Gasteiger partial charge is 0.253 e. The Morgan fingerprint density at radius 3 is 2.58 bits per heavy atom. The van der Waals surface area contributed by atoms with Gasteiger partial charge in [-0.3, -0.25) is 14.4 Å². The van der Waals surface area contributed by atoms with Crippen molar-refractivity contribution in [3.8, 4) is 0 Å². The molecule has 1 aliphatic heterocycles. The zero-order valence-electron chi connectivity index (χ0n) is 25.5. The summed E-state index contributed by atoms with van der Waals surface area (Å²) < 4.78 is 0. The number of ketones is 2. The summed E-state index contributed by atoms with van der Waals surface area (Å²) in [5, 5.41) is 22.1. The quantitative estimate of drug-likeness (QED) is 0.453. The van der Waals surface area contributed by atoms with Crippen LogP contribution in [0.25, 0.3) is 0 Å². The number of carbonyl (C=O) groups is 3. The van der Waals surface area contributed by atoms with E-state index >= 15 is 0 Å². The average Bonchev–Trinajstić information content (AvgIpc) is 3.49. The molecule has 43 heavy (non-hydrogen) atoms. The number of hydrogen-bond donors (Lipinski definition) is 3. The number of Topliss-reactive ketones (excluding diaryl/α,β-unsaturated/α-hetero) is 1. The third-order valence-corrected chi connectivity index (χ3v) is 13.1. The Kier molecular flexibility index (Phi) is 6.59. The maximum atomic E-state index is 13.9. The maximum absolute atomic E-state index is 13.9. The summed E-state index contributed by atoms with van der Waals surface area (Å²) in [5.74, 6) is 0.0243. The number of hydrogen-bond acceptors (Lipinski definition) is 6. The van der Waals surface area contributed by atoms with Gasteiger partial charge in [0.1, 0.15) is 6.61 Å². The molecular formula is C36H44N2O5. The molecule has 9 atom stereocenters. The van der Waals surface area contributed by atoms with Crippen LogP contribution >= 0.6 is 0 Å². The maximum Gasteiger partial charge on any atom is 0.253 e. The van der Waals surface area contributed by atoms with Gasteiger partial charge in [0.2, 0.25) is 0 Å². The fourth-order valence-corrected chi connectivity index (χ4v) is 10.8. The van der Waals surface area contributed by atoms with Crippen LogP contribution in [0.5, 0.6) is 0 Å². The molecule has 1 saturated heterocycles. The van der Waals surface area contributed by atoms with Crippen LogP contribution in [0.3, 0.4) is 0 Å². The van der Waals surface area contributed by atoms with Crippen LogP contribution in [0.2, 0.25) is 0 Å². The van der Waals surface area contributed by atoms with E-state index in [1.165, 1.54) is 11.1 Å². The van der Waals surface area contributed by atoms with Gasteiger partial charge in [0.15, 0.2) is 11.6 Å². The average molecular weight is 585 g/mol. The topological polar surface area (TPSA) is 121 Å². The zero-order valence-corrected chi connectivity index (χ0v) is 25.5. The van der Waals surface area contributed by atoms with Crippen LogP contribution in [0.15, 0.2) is 59.2 Å². The number of likely N-dealkylation sites (tertiary alicyclic amines) is 1. The monoisotopic (exact) mass is 584 g/mol. The van der Waals surface area contributed by atoms with E-state index in [0.717, 1.165) is 43.2 Å². The van der Waals surface area contributed by atoms with Crippen molar-refractivity contribution in [2.75, 3.05) is 19.7 Å². The number of carbonyl (C=O) groups excluding carboxylic acids is 3. The van der Waals surface area contributed by atoms with Gasteiger partial charge in [-0.2, -0.15) is 0 Å². The lowest BCUT2D eigenvalue weighted by Crippen LogP contribution is -2.60. The van der Waals surface area contributed by atoms with Gasteiger partial charge >= 0.3 is 0 Å². The summed E-state index contributed by atoms with van der Waals surface area (Å²) in [4.78, 5) is 41.7. The highest BCUT2D eigenvalue weighted by molar-refractivity contribution is 6.01. The van der Waals surface area contributed by atoms with Crippen molar-refractivity contribution in [3.05, 3.63) is 70.3 Å². The van der Waals surface area contributed by atoms with Gasteiger partial charge in [0.25, 0.3) is 5.91 Å². The van der Waals surface area contributed by atoms with Crippen molar-refractivity contribution in [1.29, 1.82) is 0 Å². The zero-order chi connectivity index (χ0) is 30.5. The molecule has 1 aromatic rings. The fourth-order valence-electron chi connectivity index (χ4n) is 10.8. The van der Waals surface area contributed by atoms with Crippen molar-refractivity contribution in [1.82, 2.24) is 4.90 Å². The highest BCUT2D eigenvalue weighted by Gasteiger charge is 2.73. The van der Waals surface area contributed by atoms with Crippen molar-refractivity contribution < 1.29 is 24.6 Å². The number of allylic oxidation sites excluding steroid dienone is 4. The van der Waals surface area contributed by atoms with Crippen molar-refractivity contribution in [3.63, 3.8) is 0 Å². The first-order chi connectivity index (χ1) is 20.4. The standard InChI is InChI=1S/C36H44N2O5/c1-20-23(13-29(20)37)12-21-4-6-22(7-5-21)33(43)38-17-25-15-28-27-9-8-24-14-26(40)10-11-34(24,2)32(27)30(41)16-35(28,3)36(25,19-38)31(42)18-39/h4-7,10-11,14,25,27-30,32,39,41H,8-9,12-13,15-19,37H2,1-3H3/t25-,27?,28?,29?,30?,32?,34?,35?,36?/m0/s1. The van der Waals surface area contributed by atoms with E-state index in [0.29, 0.717) is 18.5 Å². The van der Waals surface area contributed by atoms with Crippen LogP contribution in [0.1, 0.15) is 68.8 Å². The van der Waals surface area contributed by atoms with Gasteiger partial charge in [-0.1, -0.05) is 48.8 Å². The molecule has 1 heterocycles. The molecule has 1 amide bonds. The Bertz CT molecular complexity index is 1490. The number of rotatable bonds is 5. The minimum atomic E-state index is -0.893. The number of benzene rings is 1. The molecular weight excluding hydrogens is 540 g/mol. The number of fused-ring (bicyclic) bond motifs is 7. The Hall–Kier alpha value is -2.87. The van der Waals surface area contributed by atoms with Crippen LogP contribution in [-0.2, 0) is 16.0 Å². The molecule has 6 aliphatic rings. The Morgan fingerprint density at radius 2 is 1.91 bits per heavy atom. The van der Waals surface area contributed by atoms with Gasteiger partial charge in [-0.15, -0.1) is 0 Å². The number of amides is 1. The molecule has 5 aliphatic carbocycles. The predicted octanol–water partition coefficient (Wildman–Crippen LogP) is 3.79. The molecule has 7 rings (SSSR count). The summed E-state index contributed by atoms with van der Waals surface area (Å²) in [6.45, 7) is 6.57. The molecule has 0 bridgehead atoms. The Labute approximate surface area is 253 Å². The van der Waals surface area contributed by atoms with Gasteiger partial charge in [-0.25, -0.2) is 0 Å². The fraction of sp³-hybridized carbons (Fsp3) is 0.583. The minimum Gasteiger partial charge on any atom is -0.393 e. The van der Waals surface area contributed by atoms with Crippen LogP contribution < -0.4 is 5.73 Å². The van der Waals surface area contributed by atoms with E-state index in [-0.39, 0.29) is 59.1 Å². The van der Waals surface area contributed by atoms with Crippen LogP contribution in [0.4, 0.5) is 0 Å². The largest absolute Gasteiger partial charge is 0.393 e. The summed E-state index contributed by atoms with van der Waals surface area (Å²) in [6.07, 6.45) is 9.45. The number of aliphatic hydroxyl groups is 2. The molecule has 4 N–H and O–H groups in total. The first-order valence-electron chi connectivity index (χ1n) is 16.0. The molecule has 3 saturated carbocycles.